The molecule has 1 N–H and O–H groups in total. The van der Waals surface area contributed by atoms with E-state index < -0.39 is 9.84 Å². The number of aryl methyl sites for hydroxylation is 1. The van der Waals surface area contributed by atoms with Gasteiger partial charge in [0.15, 0.2) is 15.5 Å². The van der Waals surface area contributed by atoms with Crippen LogP contribution in [0, 0.1) is 12.8 Å². The van der Waals surface area contributed by atoms with Crippen LogP contribution in [-0.2, 0) is 9.84 Å². The van der Waals surface area contributed by atoms with E-state index in [9.17, 15) is 13.2 Å². The molecule has 0 unspecified atom stereocenters. The van der Waals surface area contributed by atoms with Gasteiger partial charge in [0, 0.05) is 6.04 Å². The summed E-state index contributed by atoms with van der Waals surface area (Å²) in [6.45, 7) is 4.07. The third-order valence-corrected chi connectivity index (χ3v) is 9.48. The van der Waals surface area contributed by atoms with Gasteiger partial charge in [0.2, 0.25) is 0 Å². The summed E-state index contributed by atoms with van der Waals surface area (Å²) < 4.78 is 26.0. The van der Waals surface area contributed by atoms with E-state index in [1.165, 1.54) is 6.42 Å². The Hall–Kier alpha value is -2.26. The molecule has 5 rings (SSSR count). The number of carbonyl (C=O) groups excluding carboxylic acids is 1. The second-order valence-corrected chi connectivity index (χ2v) is 12.3. The van der Waals surface area contributed by atoms with Gasteiger partial charge in [0.1, 0.15) is 0 Å². The number of fused-ring (bicyclic) bond motifs is 1. The Kier molecular flexibility index (Phi) is 5.57. The van der Waals surface area contributed by atoms with Crippen molar-refractivity contribution in [3.05, 3.63) is 34.8 Å². The van der Waals surface area contributed by atoms with Crippen LogP contribution in [0.25, 0.3) is 21.6 Å². The molecule has 0 spiro atoms. The maximum atomic E-state index is 13.5. The molecule has 3 aromatic rings. The fraction of sp³-hybridized carbons (Fsp3) is 0.522. The Balaban J connectivity index is 1.62. The maximum Gasteiger partial charge on any atom is 0.252 e. The molecule has 170 valence electrons. The topological polar surface area (TPSA) is 93.9 Å². The molecule has 4 heterocycles. The zero-order valence-electron chi connectivity index (χ0n) is 18.4. The molecular weight excluding hydrogens is 444 g/mol. The Morgan fingerprint density at radius 1 is 1.25 bits per heavy atom. The highest BCUT2D eigenvalue weighted by Crippen LogP contribution is 2.33. The lowest BCUT2D eigenvalue weighted by Gasteiger charge is -2.29. The predicted octanol–water partition coefficient (Wildman–Crippen LogP) is 4.14. The van der Waals surface area contributed by atoms with Gasteiger partial charge in [0.05, 0.1) is 44.8 Å². The van der Waals surface area contributed by atoms with E-state index >= 15 is 0 Å². The monoisotopic (exact) mass is 472 g/mol. The third kappa shape index (κ3) is 3.96. The first kappa shape index (κ1) is 21.6. The number of amides is 1. The summed E-state index contributed by atoms with van der Waals surface area (Å²) in [5.74, 6) is 0.579. The lowest BCUT2D eigenvalue weighted by atomic mass is 9.86. The second-order valence-electron chi connectivity index (χ2n) is 9.16. The van der Waals surface area contributed by atoms with Crippen LogP contribution in [0.4, 0.5) is 0 Å². The third-order valence-electron chi connectivity index (χ3n) is 6.84. The molecule has 3 atom stereocenters. The van der Waals surface area contributed by atoms with E-state index in [0.717, 1.165) is 35.2 Å². The zero-order chi connectivity index (χ0) is 22.5. The molecule has 0 aromatic carbocycles. The number of thiophene rings is 1. The molecule has 1 aliphatic heterocycles. The Bertz CT molecular complexity index is 1260. The summed E-state index contributed by atoms with van der Waals surface area (Å²) in [7, 11) is -3.07. The average molecular weight is 473 g/mol. The molecule has 2 aliphatic rings. The highest BCUT2D eigenvalue weighted by molar-refractivity contribution is 7.91. The molecule has 0 radical (unpaired) electrons. The summed E-state index contributed by atoms with van der Waals surface area (Å²) in [4.78, 5) is 19.4. The van der Waals surface area contributed by atoms with Gasteiger partial charge < -0.3 is 5.32 Å². The average Bonchev–Trinajstić information content (AvgIpc) is 3.48. The molecule has 9 heteroatoms. The molecule has 1 aliphatic carbocycles. The number of nitrogens with one attached hydrogen (secondary N) is 1. The van der Waals surface area contributed by atoms with Crippen LogP contribution >= 0.6 is 11.3 Å². The quantitative estimate of drug-likeness (QED) is 0.616. The van der Waals surface area contributed by atoms with Gasteiger partial charge in [-0.3, -0.25) is 4.79 Å². The molecule has 1 saturated heterocycles. The van der Waals surface area contributed by atoms with E-state index in [2.05, 4.69) is 17.3 Å². The van der Waals surface area contributed by atoms with Crippen molar-refractivity contribution in [3.63, 3.8) is 0 Å². The highest BCUT2D eigenvalue weighted by Gasteiger charge is 2.33. The van der Waals surface area contributed by atoms with Crippen LogP contribution in [0.5, 0.6) is 0 Å². The van der Waals surface area contributed by atoms with Crippen LogP contribution < -0.4 is 5.32 Å². The minimum Gasteiger partial charge on any atom is -0.349 e. The van der Waals surface area contributed by atoms with Gasteiger partial charge >= 0.3 is 0 Å². The second kappa shape index (κ2) is 8.26. The molecule has 0 bridgehead atoms. The van der Waals surface area contributed by atoms with Crippen molar-refractivity contribution in [2.45, 2.75) is 58.0 Å². The number of aromatic nitrogens is 3. The minimum absolute atomic E-state index is 0.0647. The van der Waals surface area contributed by atoms with Crippen LogP contribution in [-0.4, -0.2) is 46.6 Å². The fourth-order valence-corrected chi connectivity index (χ4v) is 7.42. The molecular formula is C23H28N4O3S2. The lowest BCUT2D eigenvalue weighted by Crippen LogP contribution is -2.41. The summed E-state index contributed by atoms with van der Waals surface area (Å²) in [6.07, 6.45) is 4.99. The van der Waals surface area contributed by atoms with Gasteiger partial charge in [-0.05, 0) is 49.6 Å². The van der Waals surface area contributed by atoms with Gasteiger partial charge in [-0.15, -0.1) is 11.3 Å². The number of carbonyl (C=O) groups is 1. The minimum atomic E-state index is -3.07. The van der Waals surface area contributed by atoms with Crippen molar-refractivity contribution in [2.24, 2.45) is 5.92 Å². The Morgan fingerprint density at radius 2 is 2.06 bits per heavy atom. The maximum absolute atomic E-state index is 13.5. The largest absolute Gasteiger partial charge is 0.349 e. The van der Waals surface area contributed by atoms with E-state index in [-0.39, 0.29) is 29.5 Å². The number of hydrogen-bond donors (Lipinski definition) is 1. The fourth-order valence-electron chi connectivity index (χ4n) is 5.04. The predicted molar refractivity (Wildman–Crippen MR) is 127 cm³/mol. The molecule has 2 fully saturated rings. The van der Waals surface area contributed by atoms with Gasteiger partial charge in [-0.1, -0.05) is 25.8 Å². The normalized spacial score (nSPS) is 25.2. The van der Waals surface area contributed by atoms with E-state index in [0.29, 0.717) is 29.2 Å². The van der Waals surface area contributed by atoms with Crippen molar-refractivity contribution in [1.82, 2.24) is 20.1 Å². The number of pyridine rings is 1. The van der Waals surface area contributed by atoms with Crippen LogP contribution in [0.2, 0.25) is 0 Å². The van der Waals surface area contributed by atoms with Crippen LogP contribution in [0.3, 0.4) is 0 Å². The smallest absolute Gasteiger partial charge is 0.252 e. The Morgan fingerprint density at radius 3 is 2.75 bits per heavy atom. The number of rotatable bonds is 4. The summed E-state index contributed by atoms with van der Waals surface area (Å²) >= 11 is 1.57. The van der Waals surface area contributed by atoms with E-state index in [1.54, 1.807) is 16.0 Å². The van der Waals surface area contributed by atoms with Crippen LogP contribution in [0.15, 0.2) is 23.6 Å². The van der Waals surface area contributed by atoms with E-state index in [4.69, 9.17) is 4.98 Å². The van der Waals surface area contributed by atoms with Crippen LogP contribution in [0.1, 0.15) is 61.1 Å². The molecule has 3 aromatic heterocycles. The van der Waals surface area contributed by atoms with Crippen molar-refractivity contribution in [1.29, 1.82) is 0 Å². The molecule has 32 heavy (non-hydrogen) atoms. The van der Waals surface area contributed by atoms with Gasteiger partial charge in [0.25, 0.3) is 5.91 Å². The van der Waals surface area contributed by atoms with Gasteiger partial charge in [-0.25, -0.2) is 18.1 Å². The number of sulfone groups is 1. The molecule has 1 saturated carbocycles. The van der Waals surface area contributed by atoms with E-state index in [1.807, 2.05) is 30.5 Å². The molecule has 1 amide bonds. The number of hydrogen-bond acceptors (Lipinski definition) is 6. The number of nitrogens with zero attached hydrogens (tertiary/aromatic N) is 3. The first-order valence-corrected chi connectivity index (χ1v) is 14.0. The highest BCUT2D eigenvalue weighted by atomic mass is 32.2. The standard InChI is InChI=1S/C23H28N4O3S2/c1-14-6-3-4-7-18(14)25-23(28)17-12-19(20-8-5-10-31-20)24-22-21(17)15(2)26-27(22)16-9-11-32(29,30)13-16/h5,8,10,12,14,16,18H,3-4,6-7,9,11,13H2,1-2H3,(H,25,28)/t14-,16+,18-/m0/s1. The summed E-state index contributed by atoms with van der Waals surface area (Å²) in [6, 6.07) is 5.72. The lowest BCUT2D eigenvalue weighted by molar-refractivity contribution is 0.0912. The Labute approximate surface area is 192 Å². The van der Waals surface area contributed by atoms with Crippen molar-refractivity contribution in [3.8, 4) is 10.6 Å². The summed E-state index contributed by atoms with van der Waals surface area (Å²) in [5, 5.41) is 10.7. The van der Waals surface area contributed by atoms with Crippen molar-refractivity contribution >= 4 is 38.1 Å². The van der Waals surface area contributed by atoms with Gasteiger partial charge in [-0.2, -0.15) is 5.10 Å². The van der Waals surface area contributed by atoms with Crippen molar-refractivity contribution < 1.29 is 13.2 Å². The SMILES string of the molecule is Cc1nn([C@@H]2CCS(=O)(=O)C2)c2nc(-c3cccs3)cc(C(=O)N[C@H]3CCCC[C@@H]3C)c12. The molecule has 7 nitrogen and oxygen atoms in total. The zero-order valence-corrected chi connectivity index (χ0v) is 20.0. The van der Waals surface area contributed by atoms with Crippen molar-refractivity contribution in [2.75, 3.05) is 11.5 Å². The first-order valence-electron chi connectivity index (χ1n) is 11.3. The first-order chi connectivity index (χ1) is 15.3. The summed E-state index contributed by atoms with van der Waals surface area (Å²) in [5.41, 5.74) is 2.59.